The first-order chi connectivity index (χ1) is 8.15. The minimum atomic E-state index is -0.805. The van der Waals surface area contributed by atoms with Gasteiger partial charge in [-0.1, -0.05) is 0 Å². The second kappa shape index (κ2) is 5.46. The van der Waals surface area contributed by atoms with Gasteiger partial charge in [-0.2, -0.15) is 0 Å². The molecule has 1 aliphatic carbocycles. The average Bonchev–Trinajstić information content (AvgIpc) is 3.10. The van der Waals surface area contributed by atoms with Crippen molar-refractivity contribution in [2.75, 3.05) is 39.3 Å². The zero-order valence-electron chi connectivity index (χ0n) is 9.89. The molecule has 0 bridgehead atoms. The maximum Gasteiger partial charge on any atom is 0.317 e. The lowest BCUT2D eigenvalue weighted by Gasteiger charge is -2.33. The molecule has 1 saturated heterocycles. The summed E-state index contributed by atoms with van der Waals surface area (Å²) in [7, 11) is 0. The van der Waals surface area contributed by atoms with Crippen molar-refractivity contribution in [2.45, 2.75) is 18.9 Å². The molecule has 1 aliphatic heterocycles. The van der Waals surface area contributed by atoms with Gasteiger partial charge in [0, 0.05) is 32.2 Å². The van der Waals surface area contributed by atoms with Crippen LogP contribution in [-0.2, 0) is 9.59 Å². The van der Waals surface area contributed by atoms with E-state index in [0.717, 1.165) is 0 Å². The second-order valence-corrected chi connectivity index (χ2v) is 4.71. The molecule has 1 heterocycles. The molecular formula is C11H19N3O3. The first kappa shape index (κ1) is 12.3. The van der Waals surface area contributed by atoms with Gasteiger partial charge in [-0.15, -0.1) is 0 Å². The van der Waals surface area contributed by atoms with Crippen molar-refractivity contribution < 1.29 is 14.7 Å². The fourth-order valence-corrected chi connectivity index (χ4v) is 1.98. The number of amides is 1. The molecule has 2 N–H and O–H groups in total. The number of carboxylic acid groups (broad SMARTS) is 1. The van der Waals surface area contributed by atoms with E-state index in [1.165, 1.54) is 12.8 Å². The van der Waals surface area contributed by atoms with Crippen molar-refractivity contribution in [1.82, 2.24) is 15.1 Å². The van der Waals surface area contributed by atoms with E-state index >= 15 is 0 Å². The van der Waals surface area contributed by atoms with Crippen molar-refractivity contribution in [3.63, 3.8) is 0 Å². The Hall–Kier alpha value is -1.14. The first-order valence-corrected chi connectivity index (χ1v) is 6.10. The summed E-state index contributed by atoms with van der Waals surface area (Å²) >= 11 is 0. The molecule has 17 heavy (non-hydrogen) atoms. The van der Waals surface area contributed by atoms with E-state index in [0.29, 0.717) is 38.8 Å². The molecule has 0 aromatic heterocycles. The monoisotopic (exact) mass is 241 g/mol. The van der Waals surface area contributed by atoms with Crippen molar-refractivity contribution in [3.8, 4) is 0 Å². The minimum absolute atomic E-state index is 0.0718. The molecule has 6 heteroatoms. The lowest BCUT2D eigenvalue weighted by Crippen LogP contribution is -2.51. The van der Waals surface area contributed by atoms with Crippen LogP contribution in [0, 0.1) is 0 Å². The van der Waals surface area contributed by atoms with E-state index in [-0.39, 0.29) is 12.5 Å². The average molecular weight is 241 g/mol. The lowest BCUT2D eigenvalue weighted by atomic mass is 10.3. The zero-order chi connectivity index (χ0) is 12.3. The molecule has 6 nitrogen and oxygen atoms in total. The standard InChI is InChI=1S/C11H19N3O3/c15-10(7-12-9-1-2-9)14-5-3-13(4-6-14)8-11(16)17/h9,12H,1-8H2,(H,16,17). The molecule has 0 radical (unpaired) electrons. The number of nitrogens with zero attached hydrogens (tertiary/aromatic N) is 2. The number of rotatable bonds is 5. The number of aliphatic carboxylic acids is 1. The lowest BCUT2D eigenvalue weighted by molar-refractivity contribution is -0.139. The van der Waals surface area contributed by atoms with Crippen LogP contribution in [0.3, 0.4) is 0 Å². The molecule has 0 unspecified atom stereocenters. The van der Waals surface area contributed by atoms with Crippen molar-refractivity contribution in [2.24, 2.45) is 0 Å². The summed E-state index contributed by atoms with van der Waals surface area (Å²) in [5.74, 6) is -0.674. The minimum Gasteiger partial charge on any atom is -0.480 e. The molecule has 0 atom stereocenters. The largest absolute Gasteiger partial charge is 0.480 e. The van der Waals surface area contributed by atoms with Crippen LogP contribution in [0.1, 0.15) is 12.8 Å². The predicted octanol–water partition coefficient (Wildman–Crippen LogP) is -1.03. The van der Waals surface area contributed by atoms with Gasteiger partial charge < -0.3 is 15.3 Å². The third-order valence-corrected chi connectivity index (χ3v) is 3.20. The normalized spacial score (nSPS) is 21.5. The Morgan fingerprint density at radius 2 is 1.82 bits per heavy atom. The van der Waals surface area contributed by atoms with E-state index in [2.05, 4.69) is 5.32 Å². The van der Waals surface area contributed by atoms with Crippen LogP contribution in [0.5, 0.6) is 0 Å². The molecule has 1 saturated carbocycles. The number of carbonyl (C=O) groups excluding carboxylic acids is 1. The molecular weight excluding hydrogens is 222 g/mol. The van der Waals surface area contributed by atoms with Crippen LogP contribution in [0.4, 0.5) is 0 Å². The fraction of sp³-hybridized carbons (Fsp3) is 0.818. The van der Waals surface area contributed by atoms with Gasteiger partial charge in [0.2, 0.25) is 5.91 Å². The molecule has 1 amide bonds. The van der Waals surface area contributed by atoms with Gasteiger partial charge in [0.15, 0.2) is 0 Å². The molecule has 2 rings (SSSR count). The summed E-state index contributed by atoms with van der Waals surface area (Å²) in [6, 6.07) is 0.548. The SMILES string of the molecule is O=C(O)CN1CCN(C(=O)CNC2CC2)CC1. The number of piperazine rings is 1. The quantitative estimate of drug-likeness (QED) is 0.644. The van der Waals surface area contributed by atoms with E-state index in [9.17, 15) is 9.59 Å². The van der Waals surface area contributed by atoms with Crippen LogP contribution in [-0.4, -0.2) is 72.1 Å². The highest BCUT2D eigenvalue weighted by atomic mass is 16.4. The second-order valence-electron chi connectivity index (χ2n) is 4.71. The maximum atomic E-state index is 11.8. The summed E-state index contributed by atoms with van der Waals surface area (Å²) in [6.07, 6.45) is 2.36. The van der Waals surface area contributed by atoms with E-state index < -0.39 is 5.97 Å². The summed E-state index contributed by atoms with van der Waals surface area (Å²) in [5.41, 5.74) is 0. The highest BCUT2D eigenvalue weighted by Gasteiger charge is 2.25. The number of carboxylic acids is 1. The van der Waals surface area contributed by atoms with Gasteiger partial charge in [-0.3, -0.25) is 14.5 Å². The van der Waals surface area contributed by atoms with Crippen molar-refractivity contribution in [3.05, 3.63) is 0 Å². The Labute approximate surface area is 101 Å². The van der Waals surface area contributed by atoms with Gasteiger partial charge >= 0.3 is 5.97 Å². The van der Waals surface area contributed by atoms with E-state index in [4.69, 9.17) is 5.11 Å². The summed E-state index contributed by atoms with van der Waals surface area (Å²) in [6.45, 7) is 3.08. The first-order valence-electron chi connectivity index (χ1n) is 6.10. The topological polar surface area (TPSA) is 72.9 Å². The number of hydrogen-bond acceptors (Lipinski definition) is 4. The van der Waals surface area contributed by atoms with Crippen LogP contribution < -0.4 is 5.32 Å². The zero-order valence-corrected chi connectivity index (χ0v) is 9.89. The fourth-order valence-electron chi connectivity index (χ4n) is 1.98. The number of carbonyl (C=O) groups is 2. The van der Waals surface area contributed by atoms with Crippen LogP contribution in [0.25, 0.3) is 0 Å². The Balaban J connectivity index is 1.66. The van der Waals surface area contributed by atoms with Gasteiger partial charge in [0.25, 0.3) is 0 Å². The van der Waals surface area contributed by atoms with Gasteiger partial charge in [-0.25, -0.2) is 0 Å². The Kier molecular flexibility index (Phi) is 3.96. The molecule has 0 spiro atoms. The number of nitrogens with one attached hydrogen (secondary N) is 1. The van der Waals surface area contributed by atoms with Crippen molar-refractivity contribution >= 4 is 11.9 Å². The van der Waals surface area contributed by atoms with Crippen molar-refractivity contribution in [1.29, 1.82) is 0 Å². The molecule has 2 fully saturated rings. The Morgan fingerprint density at radius 3 is 2.35 bits per heavy atom. The third kappa shape index (κ3) is 3.98. The molecule has 0 aromatic carbocycles. The van der Waals surface area contributed by atoms with Crippen LogP contribution in [0.15, 0.2) is 0 Å². The van der Waals surface area contributed by atoms with Crippen LogP contribution in [0.2, 0.25) is 0 Å². The third-order valence-electron chi connectivity index (χ3n) is 3.20. The maximum absolute atomic E-state index is 11.8. The van der Waals surface area contributed by atoms with Gasteiger partial charge in [0.1, 0.15) is 0 Å². The molecule has 0 aromatic rings. The van der Waals surface area contributed by atoms with Gasteiger partial charge in [-0.05, 0) is 12.8 Å². The van der Waals surface area contributed by atoms with Gasteiger partial charge in [0.05, 0.1) is 13.1 Å². The van der Waals surface area contributed by atoms with E-state index in [1.807, 2.05) is 9.80 Å². The summed E-state index contributed by atoms with van der Waals surface area (Å²) in [5, 5.41) is 11.9. The summed E-state index contributed by atoms with van der Waals surface area (Å²) < 4.78 is 0. The summed E-state index contributed by atoms with van der Waals surface area (Å²) in [4.78, 5) is 26.0. The predicted molar refractivity (Wildman–Crippen MR) is 61.7 cm³/mol. The van der Waals surface area contributed by atoms with Crippen LogP contribution >= 0.6 is 0 Å². The highest BCUT2D eigenvalue weighted by molar-refractivity contribution is 5.78. The van der Waals surface area contributed by atoms with E-state index in [1.54, 1.807) is 0 Å². The number of hydrogen-bond donors (Lipinski definition) is 2. The molecule has 96 valence electrons. The smallest absolute Gasteiger partial charge is 0.317 e. The molecule has 2 aliphatic rings. The Morgan fingerprint density at radius 1 is 1.18 bits per heavy atom. The highest BCUT2D eigenvalue weighted by Crippen LogP contribution is 2.18. The Bertz CT molecular complexity index is 296.